The van der Waals surface area contributed by atoms with Crippen LogP contribution in [0.3, 0.4) is 0 Å². The van der Waals surface area contributed by atoms with Gasteiger partial charge in [0, 0.05) is 25.5 Å². The van der Waals surface area contributed by atoms with Gasteiger partial charge in [-0.1, -0.05) is 59.2 Å². The van der Waals surface area contributed by atoms with Gasteiger partial charge in [0.05, 0.1) is 23.5 Å². The molecule has 2 N–H and O–H groups in total. The fraction of sp³-hybridized carbons (Fsp3) is 0.0833. The van der Waals surface area contributed by atoms with E-state index >= 15 is 0 Å². The zero-order chi connectivity index (χ0) is 24.6. The molecule has 0 atom stereocenters. The first-order valence-electron chi connectivity index (χ1n) is 10.4. The smallest absolute Gasteiger partial charge is 0.250 e. The SMILES string of the molecule is O=C(CSc1nnc(CNc2ccc(I)cc2)n1-c1ccccc1)NN=Cc1ccc(Cl)cc1Cl. The first-order valence-corrected chi connectivity index (χ1v) is 13.2. The number of nitrogens with zero attached hydrogens (tertiary/aromatic N) is 4. The van der Waals surface area contributed by atoms with E-state index in [-0.39, 0.29) is 11.7 Å². The average Bonchev–Trinajstić information content (AvgIpc) is 3.27. The Morgan fingerprint density at radius 3 is 2.57 bits per heavy atom. The molecular weight excluding hydrogens is 618 g/mol. The molecule has 0 aliphatic rings. The Balaban J connectivity index is 1.42. The molecule has 0 aliphatic heterocycles. The molecule has 0 aliphatic carbocycles. The maximum atomic E-state index is 12.4. The van der Waals surface area contributed by atoms with E-state index in [4.69, 9.17) is 23.2 Å². The Morgan fingerprint density at radius 1 is 1.06 bits per heavy atom. The van der Waals surface area contributed by atoms with Gasteiger partial charge in [-0.15, -0.1) is 10.2 Å². The van der Waals surface area contributed by atoms with Crippen LogP contribution in [0.4, 0.5) is 5.69 Å². The van der Waals surface area contributed by atoms with E-state index in [9.17, 15) is 4.79 Å². The molecule has 1 amide bonds. The second-order valence-corrected chi connectivity index (χ2v) is 10.2. The van der Waals surface area contributed by atoms with Crippen LogP contribution in [0.25, 0.3) is 5.69 Å². The van der Waals surface area contributed by atoms with Crippen molar-refractivity contribution in [2.45, 2.75) is 11.7 Å². The van der Waals surface area contributed by atoms with Crippen molar-refractivity contribution in [3.8, 4) is 5.69 Å². The molecule has 0 saturated heterocycles. The van der Waals surface area contributed by atoms with Crippen molar-refractivity contribution in [2.24, 2.45) is 5.10 Å². The summed E-state index contributed by atoms with van der Waals surface area (Å²) in [5.41, 5.74) is 5.06. The van der Waals surface area contributed by atoms with Crippen molar-refractivity contribution in [3.05, 3.63) is 97.8 Å². The molecule has 178 valence electrons. The van der Waals surface area contributed by atoms with E-state index in [1.165, 1.54) is 18.0 Å². The summed E-state index contributed by atoms with van der Waals surface area (Å²) in [6.07, 6.45) is 1.47. The lowest BCUT2D eigenvalue weighted by molar-refractivity contribution is -0.118. The zero-order valence-electron chi connectivity index (χ0n) is 18.2. The Kier molecular flexibility index (Phi) is 9.02. The van der Waals surface area contributed by atoms with E-state index in [1.807, 2.05) is 59.2 Å². The number of benzene rings is 3. The molecule has 1 heterocycles. The topological polar surface area (TPSA) is 84.2 Å². The monoisotopic (exact) mass is 636 g/mol. The maximum Gasteiger partial charge on any atom is 0.250 e. The third-order valence-electron chi connectivity index (χ3n) is 4.70. The normalized spacial score (nSPS) is 11.1. The first kappa shape index (κ1) is 25.5. The number of halogens is 3. The third kappa shape index (κ3) is 7.20. The largest absolute Gasteiger partial charge is 0.378 e. The standard InChI is InChI=1S/C24H19Cl2IN6OS/c25-17-7-6-16(21(26)12-17)13-29-31-23(34)15-35-24-32-30-22(33(24)20-4-2-1-3-5-20)14-28-19-10-8-18(27)9-11-19/h1-13,28H,14-15H2,(H,31,34). The van der Waals surface area contributed by atoms with Crippen molar-refractivity contribution in [2.75, 3.05) is 11.1 Å². The number of nitrogens with one attached hydrogen (secondary N) is 2. The Bertz CT molecular complexity index is 1330. The quantitative estimate of drug-likeness (QED) is 0.101. The fourth-order valence-electron chi connectivity index (χ4n) is 3.04. The van der Waals surface area contributed by atoms with Gasteiger partial charge < -0.3 is 5.32 Å². The highest BCUT2D eigenvalue weighted by Gasteiger charge is 2.16. The van der Waals surface area contributed by atoms with Crippen molar-refractivity contribution in [1.82, 2.24) is 20.2 Å². The third-order valence-corrected chi connectivity index (χ3v) is 6.91. The van der Waals surface area contributed by atoms with E-state index in [1.54, 1.807) is 18.2 Å². The number of hydrogen-bond donors (Lipinski definition) is 2. The first-order chi connectivity index (χ1) is 17.0. The molecule has 0 fully saturated rings. The van der Waals surface area contributed by atoms with E-state index in [2.05, 4.69) is 48.6 Å². The molecule has 35 heavy (non-hydrogen) atoms. The van der Waals surface area contributed by atoms with Crippen LogP contribution < -0.4 is 10.7 Å². The lowest BCUT2D eigenvalue weighted by atomic mass is 10.2. The van der Waals surface area contributed by atoms with Crippen LogP contribution >= 0.6 is 57.6 Å². The molecule has 4 aromatic rings. The molecule has 11 heteroatoms. The maximum absolute atomic E-state index is 12.4. The van der Waals surface area contributed by atoms with Gasteiger partial charge in [0.15, 0.2) is 11.0 Å². The predicted octanol–water partition coefficient (Wildman–Crippen LogP) is 6.03. The number of thioether (sulfide) groups is 1. The molecule has 0 spiro atoms. The lowest BCUT2D eigenvalue weighted by Gasteiger charge is -2.11. The van der Waals surface area contributed by atoms with Crippen molar-refractivity contribution < 1.29 is 4.79 Å². The summed E-state index contributed by atoms with van der Waals surface area (Å²) in [4.78, 5) is 12.4. The van der Waals surface area contributed by atoms with Gasteiger partial charge >= 0.3 is 0 Å². The number of para-hydroxylation sites is 1. The van der Waals surface area contributed by atoms with Crippen molar-refractivity contribution in [3.63, 3.8) is 0 Å². The molecule has 1 aromatic heterocycles. The number of carbonyl (C=O) groups excluding carboxylic acids is 1. The lowest BCUT2D eigenvalue weighted by Crippen LogP contribution is -2.20. The molecule has 7 nitrogen and oxygen atoms in total. The Hall–Kier alpha value is -2.60. The number of carbonyl (C=O) groups is 1. The highest BCUT2D eigenvalue weighted by Crippen LogP contribution is 2.23. The van der Waals surface area contributed by atoms with Gasteiger partial charge in [0.25, 0.3) is 5.91 Å². The van der Waals surface area contributed by atoms with Crippen LogP contribution in [0.15, 0.2) is 83.1 Å². The van der Waals surface area contributed by atoms with Crippen LogP contribution in [0, 0.1) is 3.57 Å². The zero-order valence-corrected chi connectivity index (χ0v) is 22.6. The number of aromatic nitrogens is 3. The summed E-state index contributed by atoms with van der Waals surface area (Å²) in [6.45, 7) is 0.474. The molecule has 3 aromatic carbocycles. The number of hydrazone groups is 1. The Labute approximate surface area is 230 Å². The minimum absolute atomic E-state index is 0.112. The number of hydrogen-bond acceptors (Lipinski definition) is 6. The van der Waals surface area contributed by atoms with Crippen LogP contribution in [0.5, 0.6) is 0 Å². The number of anilines is 1. The molecule has 0 bridgehead atoms. The summed E-state index contributed by atoms with van der Waals surface area (Å²) >= 11 is 15.6. The Morgan fingerprint density at radius 2 is 1.83 bits per heavy atom. The van der Waals surface area contributed by atoms with Gasteiger partial charge in [-0.05, 0) is 71.1 Å². The van der Waals surface area contributed by atoms with Crippen molar-refractivity contribution >= 4 is 75.4 Å². The van der Waals surface area contributed by atoms with Crippen molar-refractivity contribution in [1.29, 1.82) is 0 Å². The predicted molar refractivity (Wildman–Crippen MR) is 151 cm³/mol. The van der Waals surface area contributed by atoms with Gasteiger partial charge in [-0.25, -0.2) is 5.43 Å². The second-order valence-electron chi connectivity index (χ2n) is 7.18. The van der Waals surface area contributed by atoms with E-state index < -0.39 is 0 Å². The number of amides is 1. The van der Waals surface area contributed by atoms with Crippen LogP contribution in [0.1, 0.15) is 11.4 Å². The second kappa shape index (κ2) is 12.4. The summed E-state index contributed by atoms with van der Waals surface area (Å²) < 4.78 is 3.10. The molecule has 0 unspecified atom stereocenters. The summed E-state index contributed by atoms with van der Waals surface area (Å²) in [5, 5.41) is 17.6. The molecular formula is C24H19Cl2IN6OS. The minimum atomic E-state index is -0.280. The van der Waals surface area contributed by atoms with Crippen LogP contribution in [-0.2, 0) is 11.3 Å². The highest BCUT2D eigenvalue weighted by atomic mass is 127. The van der Waals surface area contributed by atoms with Crippen LogP contribution in [0.2, 0.25) is 10.0 Å². The van der Waals surface area contributed by atoms with Gasteiger partial charge in [-0.2, -0.15) is 5.10 Å². The van der Waals surface area contributed by atoms with Gasteiger partial charge in [0.1, 0.15) is 0 Å². The average molecular weight is 637 g/mol. The van der Waals surface area contributed by atoms with Gasteiger partial charge in [-0.3, -0.25) is 9.36 Å². The molecule has 4 rings (SSSR count). The van der Waals surface area contributed by atoms with Gasteiger partial charge in [0.2, 0.25) is 0 Å². The summed E-state index contributed by atoms with van der Waals surface area (Å²) in [5.74, 6) is 0.562. The van der Waals surface area contributed by atoms with E-state index in [0.29, 0.717) is 27.3 Å². The fourth-order valence-corrected chi connectivity index (χ4v) is 4.62. The highest BCUT2D eigenvalue weighted by molar-refractivity contribution is 14.1. The summed E-state index contributed by atoms with van der Waals surface area (Å²) in [7, 11) is 0. The van der Waals surface area contributed by atoms with Crippen LogP contribution in [-0.4, -0.2) is 32.6 Å². The molecule has 0 saturated carbocycles. The minimum Gasteiger partial charge on any atom is -0.378 e. The summed E-state index contributed by atoms with van der Waals surface area (Å²) in [6, 6.07) is 22.9. The molecule has 0 radical (unpaired) electrons. The number of rotatable bonds is 9. The van der Waals surface area contributed by atoms with E-state index in [0.717, 1.165) is 20.8 Å².